The van der Waals surface area contributed by atoms with Gasteiger partial charge in [0.25, 0.3) is 0 Å². The van der Waals surface area contributed by atoms with Crippen LogP contribution in [0.2, 0.25) is 0 Å². The van der Waals surface area contributed by atoms with Gasteiger partial charge in [-0.15, -0.1) is 0 Å². The number of rotatable bonds is 1. The van der Waals surface area contributed by atoms with E-state index in [2.05, 4.69) is 4.31 Å². The Morgan fingerprint density at radius 2 is 2.00 bits per heavy atom. The van der Waals surface area contributed by atoms with Crippen molar-refractivity contribution < 1.29 is 17.9 Å². The molecule has 3 aliphatic heterocycles. The molecule has 3 fully saturated rings. The summed E-state index contributed by atoms with van der Waals surface area (Å²) in [5.74, 6) is 0. The summed E-state index contributed by atoms with van der Waals surface area (Å²) in [5, 5.41) is 0. The molecule has 0 aromatic rings. The van der Waals surface area contributed by atoms with Crippen LogP contribution in [-0.2, 0) is 17.9 Å². The van der Waals surface area contributed by atoms with E-state index >= 15 is 0 Å². The van der Waals surface area contributed by atoms with Gasteiger partial charge in [-0.25, -0.2) is 0 Å². The first-order chi connectivity index (χ1) is 3.35. The molecule has 0 saturated carbocycles. The molecule has 4 nitrogen and oxygen atoms in total. The van der Waals surface area contributed by atoms with E-state index in [1.165, 1.54) is 0 Å². The molecule has 0 aliphatic carbocycles. The van der Waals surface area contributed by atoms with Gasteiger partial charge in [0.2, 0.25) is 0 Å². The van der Waals surface area contributed by atoms with Crippen molar-refractivity contribution >= 4 is 17.6 Å². The monoisotopic (exact) mass is 142 g/mol. The van der Waals surface area contributed by atoms with Crippen molar-refractivity contribution in [3.63, 3.8) is 0 Å². The summed E-state index contributed by atoms with van der Waals surface area (Å²) >= 11 is 0. The van der Waals surface area contributed by atoms with Crippen LogP contribution in [0.5, 0.6) is 0 Å². The van der Waals surface area contributed by atoms with Gasteiger partial charge in [0.05, 0.1) is 0 Å². The predicted octanol–water partition coefficient (Wildman–Crippen LogP) is 0.564. The SMILES string of the molecule is PO[PH]12OC(O1)O2. The fourth-order valence-electron chi connectivity index (χ4n) is 0.463. The van der Waals surface area contributed by atoms with Crippen molar-refractivity contribution in [3.8, 4) is 0 Å². The molecule has 42 valence electrons. The van der Waals surface area contributed by atoms with Crippen molar-refractivity contribution in [2.45, 2.75) is 6.48 Å². The van der Waals surface area contributed by atoms with Gasteiger partial charge in [-0.2, -0.15) is 0 Å². The topological polar surface area (TPSA) is 36.9 Å². The zero-order chi connectivity index (χ0) is 4.91. The van der Waals surface area contributed by atoms with Gasteiger partial charge in [-0.05, 0) is 0 Å². The normalized spacial score (nSPS) is 46.1. The third-order valence-electron chi connectivity index (χ3n) is 0.866. The van der Waals surface area contributed by atoms with E-state index < -0.39 is 14.6 Å². The fraction of sp³-hybridized carbons (Fsp3) is 1.00. The Balaban J connectivity index is 2.03. The van der Waals surface area contributed by atoms with Gasteiger partial charge in [0.15, 0.2) is 0 Å². The van der Waals surface area contributed by atoms with E-state index in [0.29, 0.717) is 0 Å². The third-order valence-corrected chi connectivity index (χ3v) is 3.46. The van der Waals surface area contributed by atoms with Gasteiger partial charge >= 0.3 is 42.0 Å². The van der Waals surface area contributed by atoms with Crippen LogP contribution in [-0.4, -0.2) is 6.48 Å². The van der Waals surface area contributed by atoms with Crippen LogP contribution in [0.4, 0.5) is 0 Å². The molecule has 7 heavy (non-hydrogen) atoms. The maximum absolute atomic E-state index is 4.82. The van der Waals surface area contributed by atoms with Gasteiger partial charge in [-0.1, -0.05) is 0 Å². The maximum atomic E-state index is 4.82. The quantitative estimate of drug-likeness (QED) is 0.501. The zero-order valence-electron chi connectivity index (χ0n) is 3.29. The van der Waals surface area contributed by atoms with Crippen LogP contribution in [0.25, 0.3) is 0 Å². The molecular formula is CH4O4P2. The molecule has 3 heterocycles. The van der Waals surface area contributed by atoms with Crippen molar-refractivity contribution in [2.24, 2.45) is 0 Å². The second kappa shape index (κ2) is 1.16. The molecule has 0 radical (unpaired) electrons. The molecule has 0 aromatic carbocycles. The summed E-state index contributed by atoms with van der Waals surface area (Å²) in [7, 11) is -0.319. The van der Waals surface area contributed by atoms with E-state index in [4.69, 9.17) is 13.6 Å². The first kappa shape index (κ1) is 4.57. The summed E-state index contributed by atoms with van der Waals surface area (Å²) in [4.78, 5) is 0. The van der Waals surface area contributed by atoms with Crippen LogP contribution in [0, 0.1) is 0 Å². The Morgan fingerprint density at radius 1 is 1.43 bits per heavy atom. The zero-order valence-corrected chi connectivity index (χ0v) is 5.44. The van der Waals surface area contributed by atoms with Gasteiger partial charge in [0.1, 0.15) is 0 Å². The molecule has 1 unspecified atom stereocenters. The summed E-state index contributed by atoms with van der Waals surface area (Å²) in [6.07, 6.45) is 0. The second-order valence-electron chi connectivity index (χ2n) is 1.26. The Kier molecular flexibility index (Phi) is 0.757. The summed E-state index contributed by atoms with van der Waals surface area (Å²) in [6.45, 7) is -0.396. The molecule has 0 spiro atoms. The van der Waals surface area contributed by atoms with E-state index in [9.17, 15) is 0 Å². The first-order valence-electron chi connectivity index (χ1n) is 1.76. The van der Waals surface area contributed by atoms with Crippen molar-refractivity contribution in [2.75, 3.05) is 0 Å². The molecule has 0 aromatic heterocycles. The molecular weight excluding hydrogens is 138 g/mol. The molecule has 2 bridgehead atoms. The Labute approximate surface area is 43.0 Å². The minimum atomic E-state index is -2.36. The molecule has 3 rings (SSSR count). The third kappa shape index (κ3) is 0.423. The summed E-state index contributed by atoms with van der Waals surface area (Å²) in [5.41, 5.74) is 0. The fourth-order valence-corrected chi connectivity index (χ4v) is 1.89. The van der Waals surface area contributed by atoms with E-state index in [0.717, 1.165) is 0 Å². The molecule has 0 amide bonds. The van der Waals surface area contributed by atoms with E-state index in [-0.39, 0.29) is 0 Å². The molecule has 6 heteroatoms. The van der Waals surface area contributed by atoms with Crippen molar-refractivity contribution in [1.82, 2.24) is 0 Å². The molecule has 3 saturated heterocycles. The van der Waals surface area contributed by atoms with Gasteiger partial charge in [-0.3, -0.25) is 0 Å². The Bertz CT molecular complexity index is 80.8. The van der Waals surface area contributed by atoms with E-state index in [1.807, 2.05) is 9.47 Å². The van der Waals surface area contributed by atoms with Crippen molar-refractivity contribution in [3.05, 3.63) is 0 Å². The average molecular weight is 142 g/mol. The Hall–Kier alpha value is 0.700. The number of hydrogen-bond acceptors (Lipinski definition) is 4. The standard InChI is InChI=1S/CH4O4P2/c6-5-7-2-1(3-7)4-7/h1,7H,6H2. The van der Waals surface area contributed by atoms with Gasteiger partial charge in [0, 0.05) is 0 Å². The molecule has 3 aliphatic rings. The summed E-state index contributed by atoms with van der Waals surface area (Å²) in [6, 6.07) is 0. The Morgan fingerprint density at radius 3 is 2.00 bits per heavy atom. The van der Waals surface area contributed by atoms with Crippen LogP contribution < -0.4 is 0 Å². The van der Waals surface area contributed by atoms with Crippen LogP contribution in [0.3, 0.4) is 0 Å². The van der Waals surface area contributed by atoms with Crippen LogP contribution >= 0.6 is 17.6 Å². The molecule has 0 N–H and O–H groups in total. The van der Waals surface area contributed by atoms with Crippen molar-refractivity contribution in [1.29, 1.82) is 0 Å². The van der Waals surface area contributed by atoms with E-state index in [1.54, 1.807) is 0 Å². The predicted molar refractivity (Wildman–Crippen MR) is 26.2 cm³/mol. The number of hydrogen-bond donors (Lipinski definition) is 0. The minimum absolute atomic E-state index is 0.396. The summed E-state index contributed by atoms with van der Waals surface area (Å²) < 4.78 is 19.1. The second-order valence-corrected chi connectivity index (χ2v) is 3.91. The van der Waals surface area contributed by atoms with Gasteiger partial charge < -0.3 is 0 Å². The van der Waals surface area contributed by atoms with Crippen LogP contribution in [0.1, 0.15) is 0 Å². The average Bonchev–Trinajstić information content (AvgIpc) is 1.25. The van der Waals surface area contributed by atoms with Crippen LogP contribution in [0.15, 0.2) is 0 Å². The first-order valence-corrected chi connectivity index (χ1v) is 3.86. The molecule has 1 atom stereocenters.